The molecule has 0 aliphatic heterocycles. The molecule has 0 bridgehead atoms. The molecule has 1 aliphatic carbocycles. The highest BCUT2D eigenvalue weighted by Crippen LogP contribution is 2.43. The fourth-order valence-corrected chi connectivity index (χ4v) is 3.81. The van der Waals surface area contributed by atoms with Crippen LogP contribution in [0, 0.1) is 12.3 Å². The van der Waals surface area contributed by atoms with Crippen molar-refractivity contribution in [2.75, 3.05) is 5.32 Å². The lowest BCUT2D eigenvalue weighted by Crippen LogP contribution is -2.22. The number of fused-ring (bicyclic) bond motifs is 1. The molecule has 0 radical (unpaired) electrons. The van der Waals surface area contributed by atoms with Gasteiger partial charge in [-0.15, -0.1) is 0 Å². The second-order valence-corrected chi connectivity index (χ2v) is 7.85. The standard InChI is InChI=1S/C22H25N3/c1-15-14-23-12-10-17(15)20-21(24-16-7-5-4-6-8-16)18-9-11-22(2,3)13-19(18)25-20/h4-8,10,12,14,24-25H,9,11,13H2,1-3H3. The third kappa shape index (κ3) is 3.07. The van der Waals surface area contributed by atoms with E-state index in [2.05, 4.69) is 66.4 Å². The van der Waals surface area contributed by atoms with Gasteiger partial charge in [-0.3, -0.25) is 4.98 Å². The quantitative estimate of drug-likeness (QED) is 0.651. The Morgan fingerprint density at radius 3 is 2.68 bits per heavy atom. The van der Waals surface area contributed by atoms with Gasteiger partial charge in [0, 0.05) is 29.3 Å². The molecule has 0 fully saturated rings. The summed E-state index contributed by atoms with van der Waals surface area (Å²) in [7, 11) is 0. The third-order valence-electron chi connectivity index (χ3n) is 5.23. The van der Waals surface area contributed by atoms with E-state index in [0.29, 0.717) is 5.41 Å². The van der Waals surface area contributed by atoms with Crippen LogP contribution in [-0.4, -0.2) is 9.97 Å². The lowest BCUT2D eigenvalue weighted by Gasteiger charge is -2.29. The number of hydrogen-bond acceptors (Lipinski definition) is 2. The van der Waals surface area contributed by atoms with Crippen LogP contribution in [0.25, 0.3) is 11.3 Å². The predicted octanol–water partition coefficient (Wildman–Crippen LogP) is 5.64. The molecule has 2 heterocycles. The maximum Gasteiger partial charge on any atom is 0.0702 e. The van der Waals surface area contributed by atoms with Gasteiger partial charge in [0.2, 0.25) is 0 Å². The van der Waals surface area contributed by atoms with Crippen LogP contribution >= 0.6 is 0 Å². The second kappa shape index (κ2) is 6.07. The van der Waals surface area contributed by atoms with E-state index in [4.69, 9.17) is 0 Å². The number of aromatic nitrogens is 2. The number of pyridine rings is 1. The molecule has 4 rings (SSSR count). The van der Waals surface area contributed by atoms with Crippen molar-refractivity contribution in [3.05, 3.63) is 65.6 Å². The Kier molecular flexibility index (Phi) is 3.87. The van der Waals surface area contributed by atoms with Crippen molar-refractivity contribution < 1.29 is 0 Å². The van der Waals surface area contributed by atoms with Gasteiger partial charge in [-0.05, 0) is 60.9 Å². The number of aromatic amines is 1. The van der Waals surface area contributed by atoms with Gasteiger partial charge in [0.15, 0.2) is 0 Å². The van der Waals surface area contributed by atoms with E-state index >= 15 is 0 Å². The highest BCUT2D eigenvalue weighted by Gasteiger charge is 2.30. The molecule has 3 nitrogen and oxygen atoms in total. The molecule has 3 heteroatoms. The first-order chi connectivity index (χ1) is 12.0. The van der Waals surface area contributed by atoms with E-state index in [1.165, 1.54) is 40.2 Å². The minimum atomic E-state index is 0.354. The number of hydrogen-bond donors (Lipinski definition) is 2. The van der Waals surface area contributed by atoms with Crippen LogP contribution < -0.4 is 5.32 Å². The van der Waals surface area contributed by atoms with Gasteiger partial charge in [-0.1, -0.05) is 32.0 Å². The van der Waals surface area contributed by atoms with E-state index in [1.54, 1.807) is 0 Å². The van der Waals surface area contributed by atoms with Crippen LogP contribution in [-0.2, 0) is 12.8 Å². The molecule has 0 amide bonds. The fraction of sp³-hybridized carbons (Fsp3) is 0.318. The summed E-state index contributed by atoms with van der Waals surface area (Å²) in [4.78, 5) is 8.00. The Hall–Kier alpha value is -2.55. The zero-order valence-electron chi connectivity index (χ0n) is 15.2. The predicted molar refractivity (Wildman–Crippen MR) is 104 cm³/mol. The molecule has 0 atom stereocenters. The lowest BCUT2D eigenvalue weighted by atomic mass is 9.76. The summed E-state index contributed by atoms with van der Waals surface area (Å²) in [6.07, 6.45) is 7.23. The normalized spacial score (nSPS) is 15.6. The van der Waals surface area contributed by atoms with Gasteiger partial charge in [-0.25, -0.2) is 0 Å². The maximum atomic E-state index is 4.25. The summed E-state index contributed by atoms with van der Waals surface area (Å²) in [6, 6.07) is 12.5. The molecule has 0 saturated heterocycles. The van der Waals surface area contributed by atoms with Crippen LogP contribution in [0.4, 0.5) is 11.4 Å². The van der Waals surface area contributed by atoms with Crippen molar-refractivity contribution in [3.63, 3.8) is 0 Å². The summed E-state index contributed by atoms with van der Waals surface area (Å²) in [5.41, 5.74) is 9.12. The van der Waals surface area contributed by atoms with Crippen LogP contribution in [0.2, 0.25) is 0 Å². The van der Waals surface area contributed by atoms with Crippen molar-refractivity contribution in [1.29, 1.82) is 0 Å². The minimum absolute atomic E-state index is 0.354. The number of para-hydroxylation sites is 1. The molecule has 2 aromatic heterocycles. The van der Waals surface area contributed by atoms with Gasteiger partial charge < -0.3 is 10.3 Å². The first-order valence-electron chi connectivity index (χ1n) is 9.00. The number of rotatable bonds is 3. The van der Waals surface area contributed by atoms with Crippen molar-refractivity contribution in [1.82, 2.24) is 9.97 Å². The number of aryl methyl sites for hydroxylation is 1. The second-order valence-electron chi connectivity index (χ2n) is 7.85. The highest BCUT2D eigenvalue weighted by molar-refractivity contribution is 5.83. The van der Waals surface area contributed by atoms with Gasteiger partial charge in [0.1, 0.15) is 0 Å². The van der Waals surface area contributed by atoms with Gasteiger partial charge >= 0.3 is 0 Å². The Labute approximate surface area is 149 Å². The summed E-state index contributed by atoms with van der Waals surface area (Å²) in [5.74, 6) is 0. The van der Waals surface area contributed by atoms with Crippen LogP contribution in [0.5, 0.6) is 0 Å². The van der Waals surface area contributed by atoms with Crippen molar-refractivity contribution in [2.24, 2.45) is 5.41 Å². The van der Waals surface area contributed by atoms with E-state index in [0.717, 1.165) is 18.5 Å². The number of benzene rings is 1. The summed E-state index contributed by atoms with van der Waals surface area (Å²) < 4.78 is 0. The Balaban J connectivity index is 1.85. The monoisotopic (exact) mass is 331 g/mol. The number of nitrogens with zero attached hydrogens (tertiary/aromatic N) is 1. The smallest absolute Gasteiger partial charge is 0.0702 e. The number of H-pyrrole nitrogens is 1. The Bertz CT molecular complexity index is 891. The summed E-state index contributed by atoms with van der Waals surface area (Å²) >= 11 is 0. The molecule has 3 aromatic rings. The number of nitrogens with one attached hydrogen (secondary N) is 2. The third-order valence-corrected chi connectivity index (χ3v) is 5.23. The van der Waals surface area contributed by atoms with Crippen molar-refractivity contribution in [3.8, 4) is 11.3 Å². The SMILES string of the molecule is Cc1cnccc1-c1[nH]c2c(c1Nc1ccccc1)CCC(C)(C)C2. The number of anilines is 2. The highest BCUT2D eigenvalue weighted by atomic mass is 14.9. The average molecular weight is 331 g/mol. The van der Waals surface area contributed by atoms with E-state index in [9.17, 15) is 0 Å². The Morgan fingerprint density at radius 2 is 1.92 bits per heavy atom. The van der Waals surface area contributed by atoms with E-state index in [1.807, 2.05) is 18.5 Å². The van der Waals surface area contributed by atoms with Crippen molar-refractivity contribution in [2.45, 2.75) is 40.0 Å². The van der Waals surface area contributed by atoms with E-state index in [-0.39, 0.29) is 0 Å². The van der Waals surface area contributed by atoms with Crippen LogP contribution in [0.15, 0.2) is 48.8 Å². The molecule has 2 N–H and O–H groups in total. The summed E-state index contributed by atoms with van der Waals surface area (Å²) in [5, 5.41) is 3.68. The Morgan fingerprint density at radius 1 is 1.12 bits per heavy atom. The fourth-order valence-electron chi connectivity index (χ4n) is 3.81. The topological polar surface area (TPSA) is 40.7 Å². The first-order valence-corrected chi connectivity index (χ1v) is 9.00. The first kappa shape index (κ1) is 15.9. The molecule has 0 unspecified atom stereocenters. The molecule has 0 spiro atoms. The molecule has 128 valence electrons. The minimum Gasteiger partial charge on any atom is -0.356 e. The van der Waals surface area contributed by atoms with Crippen LogP contribution in [0.3, 0.4) is 0 Å². The maximum absolute atomic E-state index is 4.25. The lowest BCUT2D eigenvalue weighted by molar-refractivity contribution is 0.313. The largest absolute Gasteiger partial charge is 0.356 e. The summed E-state index contributed by atoms with van der Waals surface area (Å²) in [6.45, 7) is 6.84. The van der Waals surface area contributed by atoms with Gasteiger partial charge in [0.05, 0.1) is 11.4 Å². The molecular formula is C22H25N3. The molecular weight excluding hydrogens is 306 g/mol. The van der Waals surface area contributed by atoms with Gasteiger partial charge in [-0.2, -0.15) is 0 Å². The average Bonchev–Trinajstić information content (AvgIpc) is 2.92. The zero-order valence-corrected chi connectivity index (χ0v) is 15.2. The van der Waals surface area contributed by atoms with Gasteiger partial charge in [0.25, 0.3) is 0 Å². The van der Waals surface area contributed by atoms with E-state index < -0.39 is 0 Å². The molecule has 0 saturated carbocycles. The molecule has 1 aromatic carbocycles. The zero-order chi connectivity index (χ0) is 17.4. The van der Waals surface area contributed by atoms with Crippen molar-refractivity contribution >= 4 is 11.4 Å². The molecule has 25 heavy (non-hydrogen) atoms. The van der Waals surface area contributed by atoms with Crippen LogP contribution in [0.1, 0.15) is 37.1 Å². The molecule has 1 aliphatic rings.